The number of hydrogen-bond donors (Lipinski definition) is 1. The summed E-state index contributed by atoms with van der Waals surface area (Å²) in [6.45, 7) is 5.73. The lowest BCUT2D eigenvalue weighted by Crippen LogP contribution is -2.02. The van der Waals surface area contributed by atoms with Gasteiger partial charge in [0.25, 0.3) is 0 Å². The summed E-state index contributed by atoms with van der Waals surface area (Å²) < 4.78 is 11.2. The molecule has 0 heterocycles. The fourth-order valence-electron chi connectivity index (χ4n) is 2.15. The fourth-order valence-corrected chi connectivity index (χ4v) is 2.15. The molecule has 0 unspecified atom stereocenters. The van der Waals surface area contributed by atoms with E-state index in [-0.39, 0.29) is 0 Å². The molecule has 2 aromatic carbocycles. The number of unbranched alkanes of at least 4 members (excludes halogenated alkanes) is 1. The van der Waals surface area contributed by atoms with E-state index in [1.807, 2.05) is 6.07 Å². The van der Waals surface area contributed by atoms with Gasteiger partial charge in [-0.15, -0.1) is 0 Å². The minimum absolute atomic E-state index is 0.724. The number of ether oxygens (including phenoxy) is 2. The van der Waals surface area contributed by atoms with E-state index in [1.54, 1.807) is 7.11 Å². The van der Waals surface area contributed by atoms with Crippen LogP contribution in [0.3, 0.4) is 0 Å². The number of aryl methyl sites for hydroxylation is 1. The third-order valence-electron chi connectivity index (χ3n) is 3.53. The van der Waals surface area contributed by atoms with E-state index < -0.39 is 0 Å². The number of methoxy groups -OCH3 is 1. The van der Waals surface area contributed by atoms with Gasteiger partial charge in [0, 0.05) is 12.2 Å². The molecule has 0 aliphatic heterocycles. The molecule has 118 valence electrons. The van der Waals surface area contributed by atoms with Gasteiger partial charge in [0.15, 0.2) is 11.5 Å². The van der Waals surface area contributed by atoms with Crippen LogP contribution in [0.25, 0.3) is 0 Å². The number of benzene rings is 2. The summed E-state index contributed by atoms with van der Waals surface area (Å²) in [5.74, 6) is 1.61. The highest BCUT2D eigenvalue weighted by atomic mass is 16.5. The van der Waals surface area contributed by atoms with Gasteiger partial charge in [0.05, 0.1) is 13.7 Å². The van der Waals surface area contributed by atoms with Crippen molar-refractivity contribution in [3.8, 4) is 11.5 Å². The molecule has 0 saturated carbocycles. The van der Waals surface area contributed by atoms with Crippen LogP contribution in [0.15, 0.2) is 42.5 Å². The van der Waals surface area contributed by atoms with Crippen molar-refractivity contribution in [2.75, 3.05) is 19.0 Å². The molecule has 3 heteroatoms. The predicted octanol–water partition coefficient (Wildman–Crippen LogP) is 4.79. The molecule has 1 N–H and O–H groups in total. The maximum Gasteiger partial charge on any atom is 0.161 e. The Hall–Kier alpha value is -2.16. The summed E-state index contributed by atoms with van der Waals surface area (Å²) in [6.07, 6.45) is 2.17. The summed E-state index contributed by atoms with van der Waals surface area (Å²) in [5, 5.41) is 3.42. The molecule has 0 aromatic heterocycles. The Kier molecular flexibility index (Phi) is 6.13. The monoisotopic (exact) mass is 299 g/mol. The fraction of sp³-hybridized carbons (Fsp3) is 0.368. The molecule has 0 saturated heterocycles. The first-order valence-corrected chi connectivity index (χ1v) is 7.83. The highest BCUT2D eigenvalue weighted by Gasteiger charge is 2.06. The molecular formula is C19H25NO2. The van der Waals surface area contributed by atoms with Gasteiger partial charge in [-0.3, -0.25) is 0 Å². The molecule has 0 aliphatic carbocycles. The zero-order chi connectivity index (χ0) is 15.8. The van der Waals surface area contributed by atoms with Crippen molar-refractivity contribution in [2.24, 2.45) is 0 Å². The lowest BCUT2D eigenvalue weighted by atomic mass is 10.2. The molecule has 0 fully saturated rings. The topological polar surface area (TPSA) is 30.5 Å². The normalized spacial score (nSPS) is 10.3. The number of rotatable bonds is 8. The van der Waals surface area contributed by atoms with Crippen LogP contribution in [0.1, 0.15) is 30.9 Å². The summed E-state index contributed by atoms with van der Waals surface area (Å²) in [4.78, 5) is 0. The van der Waals surface area contributed by atoms with E-state index in [1.165, 1.54) is 11.1 Å². The third kappa shape index (κ3) is 4.69. The highest BCUT2D eigenvalue weighted by Crippen LogP contribution is 2.28. The van der Waals surface area contributed by atoms with Gasteiger partial charge < -0.3 is 14.8 Å². The molecule has 0 radical (unpaired) electrons. The van der Waals surface area contributed by atoms with E-state index in [0.29, 0.717) is 0 Å². The molecule has 0 amide bonds. The van der Waals surface area contributed by atoms with Crippen LogP contribution in [0, 0.1) is 6.92 Å². The van der Waals surface area contributed by atoms with E-state index in [0.717, 1.165) is 43.2 Å². The van der Waals surface area contributed by atoms with Crippen LogP contribution in [0.4, 0.5) is 5.69 Å². The van der Waals surface area contributed by atoms with E-state index >= 15 is 0 Å². The predicted molar refractivity (Wildman–Crippen MR) is 91.9 cm³/mol. The smallest absolute Gasteiger partial charge is 0.161 e. The third-order valence-corrected chi connectivity index (χ3v) is 3.53. The van der Waals surface area contributed by atoms with Gasteiger partial charge in [-0.1, -0.05) is 37.1 Å². The molecule has 3 nitrogen and oxygen atoms in total. The second kappa shape index (κ2) is 8.32. The number of anilines is 1. The van der Waals surface area contributed by atoms with Crippen molar-refractivity contribution < 1.29 is 9.47 Å². The van der Waals surface area contributed by atoms with Crippen LogP contribution in [-0.2, 0) is 6.54 Å². The maximum atomic E-state index is 5.82. The van der Waals surface area contributed by atoms with Gasteiger partial charge >= 0.3 is 0 Å². The van der Waals surface area contributed by atoms with Gasteiger partial charge in [-0.05, 0) is 43.2 Å². The Morgan fingerprint density at radius 2 is 1.77 bits per heavy atom. The first-order chi connectivity index (χ1) is 10.7. The molecular weight excluding hydrogens is 274 g/mol. The van der Waals surface area contributed by atoms with E-state index in [4.69, 9.17) is 9.47 Å². The quantitative estimate of drug-likeness (QED) is 0.711. The Morgan fingerprint density at radius 3 is 2.45 bits per heavy atom. The molecule has 0 aliphatic rings. The second-order valence-corrected chi connectivity index (χ2v) is 5.41. The average molecular weight is 299 g/mol. The zero-order valence-corrected chi connectivity index (χ0v) is 13.7. The molecule has 22 heavy (non-hydrogen) atoms. The Bertz CT molecular complexity index is 578. The van der Waals surface area contributed by atoms with Crippen molar-refractivity contribution in [1.82, 2.24) is 0 Å². The second-order valence-electron chi connectivity index (χ2n) is 5.41. The molecule has 2 rings (SSSR count). The lowest BCUT2D eigenvalue weighted by molar-refractivity contribution is 0.288. The zero-order valence-electron chi connectivity index (χ0n) is 13.7. The van der Waals surface area contributed by atoms with Crippen molar-refractivity contribution in [3.05, 3.63) is 53.6 Å². The molecule has 2 aromatic rings. The largest absolute Gasteiger partial charge is 0.493 e. The van der Waals surface area contributed by atoms with Crippen molar-refractivity contribution in [2.45, 2.75) is 33.2 Å². The summed E-state index contributed by atoms with van der Waals surface area (Å²) in [6, 6.07) is 14.5. The van der Waals surface area contributed by atoms with Gasteiger partial charge in [-0.25, -0.2) is 0 Å². The standard InChI is InChI=1S/C19H25NO2/c1-4-5-12-22-19-13-16(8-11-18(19)21-3)14-20-17-9-6-15(2)7-10-17/h6-11,13,20H,4-5,12,14H2,1-3H3. The van der Waals surface area contributed by atoms with E-state index in [9.17, 15) is 0 Å². The summed E-state index contributed by atoms with van der Waals surface area (Å²) in [7, 11) is 1.67. The Balaban J connectivity index is 2.01. The van der Waals surface area contributed by atoms with E-state index in [2.05, 4.69) is 55.6 Å². The van der Waals surface area contributed by atoms with Crippen molar-refractivity contribution in [1.29, 1.82) is 0 Å². The van der Waals surface area contributed by atoms with Crippen molar-refractivity contribution >= 4 is 5.69 Å². The van der Waals surface area contributed by atoms with Crippen LogP contribution in [0.2, 0.25) is 0 Å². The number of nitrogens with one attached hydrogen (secondary N) is 1. The first-order valence-electron chi connectivity index (χ1n) is 7.83. The summed E-state index contributed by atoms with van der Waals surface area (Å²) >= 11 is 0. The SMILES string of the molecule is CCCCOc1cc(CNc2ccc(C)cc2)ccc1OC. The average Bonchev–Trinajstić information content (AvgIpc) is 2.55. The van der Waals surface area contributed by atoms with Gasteiger partial charge in [0.2, 0.25) is 0 Å². The molecule has 0 atom stereocenters. The van der Waals surface area contributed by atoms with Crippen LogP contribution >= 0.6 is 0 Å². The maximum absolute atomic E-state index is 5.82. The van der Waals surface area contributed by atoms with Crippen LogP contribution < -0.4 is 14.8 Å². The first kappa shape index (κ1) is 16.2. The minimum atomic E-state index is 0.724. The summed E-state index contributed by atoms with van der Waals surface area (Å²) in [5.41, 5.74) is 3.56. The number of hydrogen-bond acceptors (Lipinski definition) is 3. The molecule has 0 bridgehead atoms. The van der Waals surface area contributed by atoms with Gasteiger partial charge in [-0.2, -0.15) is 0 Å². The van der Waals surface area contributed by atoms with Crippen molar-refractivity contribution in [3.63, 3.8) is 0 Å². The van der Waals surface area contributed by atoms with Crippen LogP contribution in [-0.4, -0.2) is 13.7 Å². The van der Waals surface area contributed by atoms with Crippen LogP contribution in [0.5, 0.6) is 11.5 Å². The minimum Gasteiger partial charge on any atom is -0.493 e. The van der Waals surface area contributed by atoms with Gasteiger partial charge in [0.1, 0.15) is 0 Å². The Morgan fingerprint density at radius 1 is 1.00 bits per heavy atom. The lowest BCUT2D eigenvalue weighted by Gasteiger charge is -2.13. The highest BCUT2D eigenvalue weighted by molar-refractivity contribution is 5.47. The molecule has 0 spiro atoms. The Labute approximate surface area is 133 Å².